The molecule has 0 aromatic carbocycles. The van der Waals surface area contributed by atoms with Crippen molar-refractivity contribution in [1.82, 2.24) is 0 Å². The number of nitrogens with zero attached hydrogens (tertiary/aromatic N) is 2. The van der Waals surface area contributed by atoms with Crippen molar-refractivity contribution in [2.75, 3.05) is 0 Å². The molecule has 19 heavy (non-hydrogen) atoms. The van der Waals surface area contributed by atoms with E-state index in [1.54, 1.807) is 0 Å². The van der Waals surface area contributed by atoms with E-state index in [0.29, 0.717) is 21.2 Å². The third-order valence-electron chi connectivity index (χ3n) is 3.29. The van der Waals surface area contributed by atoms with E-state index >= 15 is 0 Å². The number of hydrogen-bond acceptors (Lipinski definition) is 5. The van der Waals surface area contributed by atoms with Gasteiger partial charge in [0, 0.05) is 5.92 Å². The van der Waals surface area contributed by atoms with Crippen LogP contribution in [0.4, 0.5) is 0 Å². The molecule has 0 saturated heterocycles. The molecule has 1 rings (SSSR count). The van der Waals surface area contributed by atoms with Crippen LogP contribution in [-0.2, 0) is 0 Å². The molecule has 1 heterocycles. The van der Waals surface area contributed by atoms with E-state index in [-0.39, 0.29) is 5.92 Å². The van der Waals surface area contributed by atoms with Crippen molar-refractivity contribution in [2.24, 2.45) is 17.4 Å². The summed E-state index contributed by atoms with van der Waals surface area (Å²) in [4.78, 5) is 0. The van der Waals surface area contributed by atoms with Crippen LogP contribution >= 0.6 is 11.8 Å². The molecule has 0 aromatic heterocycles. The van der Waals surface area contributed by atoms with Gasteiger partial charge in [-0.2, -0.15) is 10.5 Å². The Balaban J connectivity index is 2.72. The van der Waals surface area contributed by atoms with E-state index in [1.807, 2.05) is 0 Å². The van der Waals surface area contributed by atoms with Crippen molar-refractivity contribution < 1.29 is 0 Å². The van der Waals surface area contributed by atoms with Gasteiger partial charge in [0.15, 0.2) is 0 Å². The summed E-state index contributed by atoms with van der Waals surface area (Å²) in [5.74, 6) is -0.210. The van der Waals surface area contributed by atoms with Gasteiger partial charge in [-0.05, 0) is 6.42 Å². The Kier molecular flexibility index (Phi) is 6.32. The highest BCUT2D eigenvalue weighted by atomic mass is 32.2. The zero-order chi connectivity index (χ0) is 14.3. The Morgan fingerprint density at radius 2 is 1.53 bits per heavy atom. The number of nitriles is 2. The van der Waals surface area contributed by atoms with Crippen LogP contribution in [0.5, 0.6) is 0 Å². The van der Waals surface area contributed by atoms with Crippen LogP contribution in [0.3, 0.4) is 0 Å². The van der Waals surface area contributed by atoms with Gasteiger partial charge in [0.2, 0.25) is 0 Å². The van der Waals surface area contributed by atoms with E-state index in [1.165, 1.54) is 19.3 Å². The van der Waals surface area contributed by atoms with Gasteiger partial charge < -0.3 is 11.5 Å². The molecule has 0 bridgehead atoms. The normalized spacial score (nSPS) is 16.4. The smallest absolute Gasteiger partial charge is 0.0981 e. The molecule has 1 aliphatic heterocycles. The lowest BCUT2D eigenvalue weighted by molar-refractivity contribution is 0.557. The summed E-state index contributed by atoms with van der Waals surface area (Å²) >= 11 is 1.13. The molecule has 0 unspecified atom stereocenters. The van der Waals surface area contributed by atoms with Crippen molar-refractivity contribution >= 4 is 11.8 Å². The largest absolute Gasteiger partial charge is 0.392 e. The van der Waals surface area contributed by atoms with Gasteiger partial charge in [0.05, 0.1) is 33.3 Å². The third-order valence-corrected chi connectivity index (χ3v) is 4.16. The first-order chi connectivity index (χ1) is 9.15. The van der Waals surface area contributed by atoms with E-state index < -0.39 is 0 Å². The Hall–Kier alpha value is -1.59. The van der Waals surface area contributed by atoms with Gasteiger partial charge in [0.1, 0.15) is 0 Å². The second kappa shape index (κ2) is 7.76. The highest BCUT2D eigenvalue weighted by Crippen LogP contribution is 2.39. The zero-order valence-corrected chi connectivity index (χ0v) is 12.1. The highest BCUT2D eigenvalue weighted by Gasteiger charge is 2.29. The average Bonchev–Trinajstić information content (AvgIpc) is 2.38. The molecule has 0 atom stereocenters. The zero-order valence-electron chi connectivity index (χ0n) is 11.3. The Bertz CT molecular complexity index is 429. The minimum absolute atomic E-state index is 0.210. The number of nitrogens with two attached hydrogens (primary N) is 2. The van der Waals surface area contributed by atoms with Gasteiger partial charge >= 0.3 is 0 Å². The average molecular weight is 276 g/mol. The summed E-state index contributed by atoms with van der Waals surface area (Å²) in [6, 6.07) is 4.27. The van der Waals surface area contributed by atoms with Crippen molar-refractivity contribution in [2.45, 2.75) is 45.4 Å². The minimum Gasteiger partial charge on any atom is -0.392 e. The molecule has 0 aliphatic carbocycles. The molecular formula is C14H20N4S. The first-order valence-electron chi connectivity index (χ1n) is 6.63. The van der Waals surface area contributed by atoms with Crippen LogP contribution < -0.4 is 11.5 Å². The molecule has 4 nitrogen and oxygen atoms in total. The van der Waals surface area contributed by atoms with Gasteiger partial charge in [0.25, 0.3) is 0 Å². The second-order valence-electron chi connectivity index (χ2n) is 4.64. The molecule has 0 fully saturated rings. The van der Waals surface area contributed by atoms with Crippen LogP contribution in [0.1, 0.15) is 45.4 Å². The maximum atomic E-state index is 9.20. The number of thioether (sulfide) groups is 1. The molecule has 102 valence electrons. The lowest BCUT2D eigenvalue weighted by atomic mass is 9.87. The van der Waals surface area contributed by atoms with Crippen LogP contribution in [0.2, 0.25) is 0 Å². The van der Waals surface area contributed by atoms with Gasteiger partial charge in [-0.1, -0.05) is 50.8 Å². The molecule has 0 amide bonds. The minimum atomic E-state index is -0.210. The molecule has 0 spiro atoms. The number of unbranched alkanes of at least 4 members (excludes halogenated alkanes) is 4. The number of rotatable bonds is 6. The number of hydrogen-bond donors (Lipinski definition) is 2. The van der Waals surface area contributed by atoms with Crippen LogP contribution in [0, 0.1) is 28.6 Å². The molecule has 1 aliphatic rings. The van der Waals surface area contributed by atoms with Gasteiger partial charge in [-0.3, -0.25) is 0 Å². The molecule has 5 heteroatoms. The maximum absolute atomic E-state index is 9.20. The van der Waals surface area contributed by atoms with Crippen molar-refractivity contribution in [3.05, 3.63) is 21.2 Å². The summed E-state index contributed by atoms with van der Waals surface area (Å²) in [5.41, 5.74) is 12.7. The fourth-order valence-electron chi connectivity index (χ4n) is 2.22. The summed E-state index contributed by atoms with van der Waals surface area (Å²) in [7, 11) is 0. The fraction of sp³-hybridized carbons (Fsp3) is 0.571. The summed E-state index contributed by atoms with van der Waals surface area (Å²) in [5, 5.41) is 19.3. The summed E-state index contributed by atoms with van der Waals surface area (Å²) in [6.07, 6.45) is 6.51. The van der Waals surface area contributed by atoms with Crippen LogP contribution in [0.25, 0.3) is 0 Å². The first kappa shape index (κ1) is 15.5. The van der Waals surface area contributed by atoms with E-state index in [9.17, 15) is 10.5 Å². The van der Waals surface area contributed by atoms with Crippen molar-refractivity contribution in [3.8, 4) is 12.1 Å². The topological polar surface area (TPSA) is 99.6 Å². The molecule has 4 N–H and O–H groups in total. The Labute approximate surface area is 119 Å². The Morgan fingerprint density at radius 1 is 1.00 bits per heavy atom. The predicted molar refractivity (Wildman–Crippen MR) is 78.1 cm³/mol. The van der Waals surface area contributed by atoms with Crippen molar-refractivity contribution in [3.63, 3.8) is 0 Å². The predicted octanol–water partition coefficient (Wildman–Crippen LogP) is 3.10. The molecule has 0 radical (unpaired) electrons. The lowest BCUT2D eigenvalue weighted by Crippen LogP contribution is -2.19. The third kappa shape index (κ3) is 3.94. The Morgan fingerprint density at radius 3 is 2.00 bits per heavy atom. The number of allylic oxidation sites excluding steroid dienone is 2. The second-order valence-corrected chi connectivity index (χ2v) is 5.72. The quantitative estimate of drug-likeness (QED) is 0.726. The molecular weight excluding hydrogens is 256 g/mol. The van der Waals surface area contributed by atoms with Crippen LogP contribution in [-0.4, -0.2) is 0 Å². The van der Waals surface area contributed by atoms with Crippen LogP contribution in [0.15, 0.2) is 21.2 Å². The van der Waals surface area contributed by atoms with Gasteiger partial charge in [-0.15, -0.1) is 0 Å². The standard InChI is InChI=1S/C14H20N4S/c1-2-3-4-5-6-7-10-11(8-15)13(17)19-14(18)12(10)9-16/h10H,2-7,17-18H2,1H3. The van der Waals surface area contributed by atoms with E-state index in [0.717, 1.165) is 31.0 Å². The monoisotopic (exact) mass is 276 g/mol. The molecule has 0 saturated carbocycles. The summed E-state index contributed by atoms with van der Waals surface area (Å²) in [6.45, 7) is 2.17. The maximum Gasteiger partial charge on any atom is 0.0981 e. The van der Waals surface area contributed by atoms with E-state index in [4.69, 9.17) is 11.5 Å². The van der Waals surface area contributed by atoms with Crippen molar-refractivity contribution in [1.29, 1.82) is 10.5 Å². The molecule has 0 aromatic rings. The summed E-state index contributed by atoms with van der Waals surface area (Å²) < 4.78 is 0. The van der Waals surface area contributed by atoms with Gasteiger partial charge in [-0.25, -0.2) is 0 Å². The SMILES string of the molecule is CCCCCCCC1C(C#N)=C(N)SC(N)=C1C#N. The highest BCUT2D eigenvalue weighted by molar-refractivity contribution is 8.06. The first-order valence-corrected chi connectivity index (χ1v) is 7.44. The fourth-order valence-corrected chi connectivity index (χ4v) is 3.06. The van der Waals surface area contributed by atoms with E-state index in [2.05, 4.69) is 19.1 Å². The lowest BCUT2D eigenvalue weighted by Gasteiger charge is -2.23.